The lowest BCUT2D eigenvalue weighted by Gasteiger charge is -2.36. The molecule has 0 aliphatic carbocycles. The van der Waals surface area contributed by atoms with Crippen molar-refractivity contribution < 1.29 is 31.6 Å². The Hall–Kier alpha value is -3.31. The van der Waals surface area contributed by atoms with Gasteiger partial charge in [0.1, 0.15) is 5.76 Å². The van der Waals surface area contributed by atoms with E-state index in [1.165, 1.54) is 6.07 Å². The third-order valence-corrected chi connectivity index (χ3v) is 6.63. The number of alkyl halides is 3. The lowest BCUT2D eigenvalue weighted by atomic mass is 9.98. The number of aromatic nitrogens is 1. The first-order valence-corrected chi connectivity index (χ1v) is 11.9. The smallest absolute Gasteiger partial charge is 0.416 e. The summed E-state index contributed by atoms with van der Waals surface area (Å²) in [5.41, 5.74) is -0.192. The molecule has 2 saturated heterocycles. The second-order valence-corrected chi connectivity index (χ2v) is 9.01. The number of hydrogen-bond donors (Lipinski definition) is 1. The molecule has 11 heteroatoms. The normalized spacial score (nSPS) is 17.9. The summed E-state index contributed by atoms with van der Waals surface area (Å²) in [7, 11) is 0. The lowest BCUT2D eigenvalue weighted by molar-refractivity contribution is -0.137. The molecule has 0 unspecified atom stereocenters. The number of halogens is 3. The minimum atomic E-state index is -4.53. The van der Waals surface area contributed by atoms with Crippen LogP contribution in [0.1, 0.15) is 46.4 Å². The van der Waals surface area contributed by atoms with Gasteiger partial charge < -0.3 is 23.9 Å². The summed E-state index contributed by atoms with van der Waals surface area (Å²) in [5.74, 6) is 1.09. The standard InChI is InChI=1S/C25H27F3N4O4/c26-25(27,28)18-1-2-21(32-11-9-31(10-12-32)16-19-5-8-29-36-19)20(15-18)30-24(33)23-4-3-22(35-23)17-6-13-34-14-7-17/h1-5,8,15,17H,6-7,9-14,16H2,(H,30,33). The third-order valence-electron chi connectivity index (χ3n) is 6.63. The number of carbonyl (C=O) groups excluding carboxylic acids is 1. The molecule has 0 spiro atoms. The monoisotopic (exact) mass is 504 g/mol. The van der Waals surface area contributed by atoms with Crippen molar-refractivity contribution in [2.75, 3.05) is 49.6 Å². The van der Waals surface area contributed by atoms with E-state index in [0.717, 1.165) is 30.7 Å². The molecule has 192 valence electrons. The molecule has 0 atom stereocenters. The Morgan fingerprint density at radius 2 is 1.83 bits per heavy atom. The Balaban J connectivity index is 1.32. The number of benzene rings is 1. The molecule has 2 aliphatic heterocycles. The lowest BCUT2D eigenvalue weighted by Crippen LogP contribution is -2.46. The van der Waals surface area contributed by atoms with E-state index in [0.29, 0.717) is 57.4 Å². The Morgan fingerprint density at radius 1 is 1.06 bits per heavy atom. The fourth-order valence-corrected chi connectivity index (χ4v) is 4.64. The van der Waals surface area contributed by atoms with Gasteiger partial charge in [-0.15, -0.1) is 0 Å². The van der Waals surface area contributed by atoms with E-state index in [9.17, 15) is 18.0 Å². The second-order valence-electron chi connectivity index (χ2n) is 9.01. The topological polar surface area (TPSA) is 84.0 Å². The maximum atomic E-state index is 13.5. The van der Waals surface area contributed by atoms with E-state index in [1.54, 1.807) is 24.4 Å². The zero-order valence-electron chi connectivity index (χ0n) is 19.6. The van der Waals surface area contributed by atoms with Crippen LogP contribution < -0.4 is 10.2 Å². The van der Waals surface area contributed by atoms with Gasteiger partial charge in [-0.2, -0.15) is 13.2 Å². The molecule has 4 heterocycles. The number of ether oxygens (including phenoxy) is 1. The van der Waals surface area contributed by atoms with Gasteiger partial charge in [0.25, 0.3) is 5.91 Å². The van der Waals surface area contributed by atoms with Crippen LogP contribution in [0.3, 0.4) is 0 Å². The highest BCUT2D eigenvalue weighted by atomic mass is 19.4. The number of nitrogens with zero attached hydrogens (tertiary/aromatic N) is 3. The van der Waals surface area contributed by atoms with Gasteiger partial charge >= 0.3 is 6.18 Å². The van der Waals surface area contributed by atoms with Crippen molar-refractivity contribution in [2.45, 2.75) is 31.5 Å². The Labute approximate surface area is 206 Å². The molecule has 8 nitrogen and oxygen atoms in total. The van der Waals surface area contributed by atoms with Crippen LogP contribution in [-0.4, -0.2) is 55.4 Å². The van der Waals surface area contributed by atoms with Gasteiger partial charge in [0, 0.05) is 51.4 Å². The molecular formula is C25H27F3N4O4. The zero-order chi connectivity index (χ0) is 25.1. The number of furan rings is 1. The maximum Gasteiger partial charge on any atom is 0.416 e. The van der Waals surface area contributed by atoms with Crippen LogP contribution in [0.4, 0.5) is 24.5 Å². The fraction of sp³-hybridized carbons (Fsp3) is 0.440. The van der Waals surface area contributed by atoms with Gasteiger partial charge in [-0.05, 0) is 43.2 Å². The third kappa shape index (κ3) is 5.57. The molecule has 2 aliphatic rings. The minimum absolute atomic E-state index is 0.0664. The molecule has 2 fully saturated rings. The van der Waals surface area contributed by atoms with Crippen molar-refractivity contribution in [3.8, 4) is 0 Å². The van der Waals surface area contributed by atoms with Gasteiger partial charge in [-0.3, -0.25) is 9.69 Å². The summed E-state index contributed by atoms with van der Waals surface area (Å²) in [6.07, 6.45) is -1.34. The van der Waals surface area contributed by atoms with E-state index >= 15 is 0 Å². The summed E-state index contributed by atoms with van der Waals surface area (Å²) in [4.78, 5) is 17.1. The summed E-state index contributed by atoms with van der Waals surface area (Å²) in [5, 5.41) is 6.38. The van der Waals surface area contributed by atoms with Crippen LogP contribution in [0.5, 0.6) is 0 Å². The molecule has 36 heavy (non-hydrogen) atoms. The number of nitrogens with one attached hydrogen (secondary N) is 1. The van der Waals surface area contributed by atoms with Crippen LogP contribution in [0.2, 0.25) is 0 Å². The average Bonchev–Trinajstić information content (AvgIpc) is 3.57. The van der Waals surface area contributed by atoms with Crippen molar-refractivity contribution in [2.24, 2.45) is 0 Å². The van der Waals surface area contributed by atoms with Crippen molar-refractivity contribution in [3.63, 3.8) is 0 Å². The second kappa shape index (κ2) is 10.4. The van der Waals surface area contributed by atoms with Crippen LogP contribution in [0.15, 0.2) is 51.5 Å². The van der Waals surface area contributed by atoms with Gasteiger partial charge in [-0.25, -0.2) is 0 Å². The van der Waals surface area contributed by atoms with E-state index in [1.807, 2.05) is 4.90 Å². The predicted molar refractivity (Wildman–Crippen MR) is 125 cm³/mol. The zero-order valence-corrected chi connectivity index (χ0v) is 19.6. The van der Waals surface area contributed by atoms with Gasteiger partial charge in [0.15, 0.2) is 11.5 Å². The quantitative estimate of drug-likeness (QED) is 0.519. The number of anilines is 2. The molecule has 5 rings (SSSR count). The van der Waals surface area contributed by atoms with Crippen molar-refractivity contribution in [1.29, 1.82) is 0 Å². The van der Waals surface area contributed by atoms with E-state index in [2.05, 4.69) is 15.4 Å². The van der Waals surface area contributed by atoms with Crippen molar-refractivity contribution in [1.82, 2.24) is 10.1 Å². The first-order chi connectivity index (χ1) is 17.4. The van der Waals surface area contributed by atoms with E-state index < -0.39 is 17.6 Å². The molecule has 1 amide bonds. The van der Waals surface area contributed by atoms with Crippen LogP contribution in [0.25, 0.3) is 0 Å². The highest BCUT2D eigenvalue weighted by Gasteiger charge is 2.32. The molecule has 0 radical (unpaired) electrons. The van der Waals surface area contributed by atoms with Gasteiger partial charge in [-0.1, -0.05) is 5.16 Å². The van der Waals surface area contributed by atoms with E-state index in [4.69, 9.17) is 13.7 Å². The summed E-state index contributed by atoms with van der Waals surface area (Å²) in [6, 6.07) is 8.57. The number of amides is 1. The molecule has 3 aromatic rings. The van der Waals surface area contributed by atoms with Crippen LogP contribution in [-0.2, 0) is 17.5 Å². The number of piperazine rings is 1. The van der Waals surface area contributed by atoms with Gasteiger partial charge in [0.2, 0.25) is 0 Å². The van der Waals surface area contributed by atoms with Gasteiger partial charge in [0.05, 0.1) is 29.7 Å². The average molecular weight is 505 g/mol. The number of carbonyl (C=O) groups is 1. The van der Waals surface area contributed by atoms with Crippen LogP contribution >= 0.6 is 0 Å². The highest BCUT2D eigenvalue weighted by molar-refractivity contribution is 6.04. The molecule has 0 saturated carbocycles. The predicted octanol–water partition coefficient (Wildman–Crippen LogP) is 4.75. The number of rotatable bonds is 6. The molecular weight excluding hydrogens is 477 g/mol. The largest absolute Gasteiger partial charge is 0.456 e. The van der Waals surface area contributed by atoms with Crippen molar-refractivity contribution >= 4 is 17.3 Å². The van der Waals surface area contributed by atoms with E-state index in [-0.39, 0.29) is 17.4 Å². The minimum Gasteiger partial charge on any atom is -0.456 e. The molecule has 2 aromatic heterocycles. The maximum absolute atomic E-state index is 13.5. The fourth-order valence-electron chi connectivity index (χ4n) is 4.64. The molecule has 1 aromatic carbocycles. The first kappa shape index (κ1) is 24.4. The van der Waals surface area contributed by atoms with Crippen LogP contribution in [0, 0.1) is 0 Å². The first-order valence-electron chi connectivity index (χ1n) is 11.9. The SMILES string of the molecule is O=C(Nc1cc(C(F)(F)F)ccc1N1CCN(Cc2ccno2)CC1)c1ccc(C2CCOCC2)o1. The van der Waals surface area contributed by atoms with Crippen molar-refractivity contribution in [3.05, 3.63) is 65.4 Å². The Morgan fingerprint density at radius 3 is 2.53 bits per heavy atom. The highest BCUT2D eigenvalue weighted by Crippen LogP contribution is 2.36. The summed E-state index contributed by atoms with van der Waals surface area (Å²) in [6.45, 7) is 4.40. The molecule has 1 N–H and O–H groups in total. The Kier molecular flexibility index (Phi) is 7.01. The Bertz CT molecular complexity index is 1160. The summed E-state index contributed by atoms with van der Waals surface area (Å²) >= 11 is 0. The number of hydrogen-bond acceptors (Lipinski definition) is 7. The molecule has 0 bridgehead atoms. The summed E-state index contributed by atoms with van der Waals surface area (Å²) < 4.78 is 56.7.